The van der Waals surface area contributed by atoms with E-state index in [1.807, 2.05) is 7.05 Å². The summed E-state index contributed by atoms with van der Waals surface area (Å²) < 4.78 is 43.1. The van der Waals surface area contributed by atoms with Crippen LogP contribution >= 0.6 is 0 Å². The highest BCUT2D eigenvalue weighted by Crippen LogP contribution is 2.25. The lowest BCUT2D eigenvalue weighted by atomic mass is 9.96. The molecule has 12 heteroatoms. The molecule has 3 aromatic rings. The van der Waals surface area contributed by atoms with Crippen LogP contribution in [0.25, 0.3) is 5.69 Å². The number of carbonyl (C=O) groups is 1. The van der Waals surface area contributed by atoms with Crippen molar-refractivity contribution in [3.05, 3.63) is 64.8 Å². The van der Waals surface area contributed by atoms with Gasteiger partial charge in [0.15, 0.2) is 0 Å². The average Bonchev–Trinajstić information content (AvgIpc) is 3.06. The Hall–Kier alpha value is -3.80. The Bertz CT molecular complexity index is 1250. The second-order valence-electron chi connectivity index (χ2n) is 8.39. The number of benzene rings is 1. The maximum Gasteiger partial charge on any atom is 0.573 e. The van der Waals surface area contributed by atoms with E-state index in [1.54, 1.807) is 12.1 Å². The minimum atomic E-state index is -4.83. The van der Waals surface area contributed by atoms with E-state index in [1.165, 1.54) is 29.1 Å². The Labute approximate surface area is 198 Å². The Balaban J connectivity index is 1.47. The number of aromatic hydroxyl groups is 1. The summed E-state index contributed by atoms with van der Waals surface area (Å²) in [5.74, 6) is -0.646. The Kier molecular flexibility index (Phi) is 6.83. The number of nitrogens with zero attached hydrogens (tertiary/aromatic N) is 4. The molecule has 2 N–H and O–H groups in total. The molecule has 35 heavy (non-hydrogen) atoms. The monoisotopic (exact) mass is 491 g/mol. The van der Waals surface area contributed by atoms with Crippen LogP contribution in [0.4, 0.5) is 19.0 Å². The third-order valence-electron chi connectivity index (χ3n) is 5.78. The maximum absolute atomic E-state index is 12.9. The minimum Gasteiger partial charge on any atom is -0.493 e. The molecular formula is C23H24F3N5O4. The van der Waals surface area contributed by atoms with Crippen molar-refractivity contribution in [1.29, 1.82) is 0 Å². The molecule has 0 saturated carbocycles. The number of piperidine rings is 1. The van der Waals surface area contributed by atoms with Gasteiger partial charge in [0.2, 0.25) is 11.8 Å². The predicted molar refractivity (Wildman–Crippen MR) is 121 cm³/mol. The van der Waals surface area contributed by atoms with Gasteiger partial charge in [-0.05, 0) is 74.9 Å². The largest absolute Gasteiger partial charge is 0.573 e. The van der Waals surface area contributed by atoms with Gasteiger partial charge in [0.1, 0.15) is 11.6 Å². The molecular weight excluding hydrogens is 467 g/mol. The number of nitrogens with one attached hydrogen (secondary N) is 1. The van der Waals surface area contributed by atoms with Gasteiger partial charge < -0.3 is 20.1 Å². The van der Waals surface area contributed by atoms with Crippen LogP contribution < -0.4 is 15.7 Å². The van der Waals surface area contributed by atoms with Crippen molar-refractivity contribution < 1.29 is 27.8 Å². The quantitative estimate of drug-likeness (QED) is 0.550. The van der Waals surface area contributed by atoms with E-state index >= 15 is 0 Å². The first-order valence-corrected chi connectivity index (χ1v) is 10.9. The summed E-state index contributed by atoms with van der Waals surface area (Å²) in [7, 11) is 2.02. The van der Waals surface area contributed by atoms with Crippen LogP contribution in [0.3, 0.4) is 0 Å². The molecule has 186 valence electrons. The molecule has 4 rings (SSSR count). The lowest BCUT2D eigenvalue weighted by Gasteiger charge is -2.27. The molecule has 0 aliphatic carbocycles. The summed E-state index contributed by atoms with van der Waals surface area (Å²) in [5, 5.41) is 13.1. The lowest BCUT2D eigenvalue weighted by molar-refractivity contribution is -0.274. The van der Waals surface area contributed by atoms with Crippen LogP contribution in [-0.4, -0.2) is 56.5 Å². The number of pyridine rings is 1. The number of ether oxygens (including phenoxy) is 1. The van der Waals surface area contributed by atoms with Crippen LogP contribution in [0.5, 0.6) is 11.6 Å². The zero-order valence-electron chi connectivity index (χ0n) is 18.8. The number of hydrogen-bond donors (Lipinski definition) is 2. The summed E-state index contributed by atoms with van der Waals surface area (Å²) in [6.07, 6.45) is -0.554. The van der Waals surface area contributed by atoms with Gasteiger partial charge in [-0.25, -0.2) is 14.3 Å². The van der Waals surface area contributed by atoms with Gasteiger partial charge in [0.25, 0.3) is 0 Å². The average molecular weight is 491 g/mol. The van der Waals surface area contributed by atoms with Crippen molar-refractivity contribution in [3.63, 3.8) is 0 Å². The fourth-order valence-corrected chi connectivity index (χ4v) is 3.97. The summed E-state index contributed by atoms with van der Waals surface area (Å²) in [5.41, 5.74) is 0.231. The van der Waals surface area contributed by atoms with Gasteiger partial charge in [-0.1, -0.05) is 0 Å². The van der Waals surface area contributed by atoms with Gasteiger partial charge in [-0.15, -0.1) is 13.2 Å². The number of rotatable bonds is 6. The van der Waals surface area contributed by atoms with Gasteiger partial charge in [-0.3, -0.25) is 9.36 Å². The minimum absolute atomic E-state index is 0.0777. The van der Waals surface area contributed by atoms with Crippen LogP contribution in [0.15, 0.2) is 53.6 Å². The van der Waals surface area contributed by atoms with Crippen molar-refractivity contribution >= 4 is 11.7 Å². The third kappa shape index (κ3) is 6.01. The SMILES string of the molecule is CN1CCC(C(=O)Nc2cc(Cn3cc(O)n(-c4ccc(OC(F)(F)F)cc4)c3=O)ccn2)CC1. The normalized spacial score (nSPS) is 15.2. The summed E-state index contributed by atoms with van der Waals surface area (Å²) >= 11 is 0. The van der Waals surface area contributed by atoms with Crippen molar-refractivity contribution in [2.45, 2.75) is 25.7 Å². The highest BCUT2D eigenvalue weighted by atomic mass is 19.4. The molecule has 2 aromatic heterocycles. The molecule has 1 saturated heterocycles. The Morgan fingerprint density at radius 2 is 1.89 bits per heavy atom. The highest BCUT2D eigenvalue weighted by molar-refractivity contribution is 5.91. The molecule has 0 atom stereocenters. The predicted octanol–water partition coefficient (Wildman–Crippen LogP) is 2.97. The number of hydrogen-bond acceptors (Lipinski definition) is 6. The number of likely N-dealkylation sites (tertiary alicyclic amines) is 1. The molecule has 0 unspecified atom stereocenters. The molecule has 1 aliphatic rings. The number of anilines is 1. The van der Waals surface area contributed by atoms with E-state index in [9.17, 15) is 27.9 Å². The van der Waals surface area contributed by atoms with E-state index in [-0.39, 0.29) is 29.9 Å². The molecule has 1 amide bonds. The molecule has 3 heterocycles. The van der Waals surface area contributed by atoms with Crippen LogP contribution in [0.1, 0.15) is 18.4 Å². The van der Waals surface area contributed by atoms with Gasteiger partial charge >= 0.3 is 12.1 Å². The molecule has 1 aliphatic heterocycles. The number of aromatic nitrogens is 3. The second kappa shape index (κ2) is 9.82. The first-order chi connectivity index (χ1) is 16.6. The van der Waals surface area contributed by atoms with Crippen molar-refractivity contribution in [2.75, 3.05) is 25.5 Å². The smallest absolute Gasteiger partial charge is 0.493 e. The van der Waals surface area contributed by atoms with E-state index in [0.717, 1.165) is 42.6 Å². The van der Waals surface area contributed by atoms with E-state index < -0.39 is 17.8 Å². The van der Waals surface area contributed by atoms with Gasteiger partial charge in [0.05, 0.1) is 18.4 Å². The maximum atomic E-state index is 12.9. The molecule has 0 bridgehead atoms. The Morgan fingerprint density at radius 1 is 1.20 bits per heavy atom. The van der Waals surface area contributed by atoms with Crippen LogP contribution in [0, 0.1) is 5.92 Å². The van der Waals surface area contributed by atoms with Crippen molar-refractivity contribution in [3.8, 4) is 17.3 Å². The standard InChI is InChI=1S/C23H24F3N5O4/c1-29-10-7-16(8-11-29)21(33)28-19-12-15(6-9-27-19)13-30-14-20(32)31(22(30)34)17-2-4-18(5-3-17)35-23(24,25)26/h2-6,9,12,14,16,32H,7-8,10-11,13H2,1H3,(H,27,28,33). The van der Waals surface area contributed by atoms with Crippen molar-refractivity contribution in [2.24, 2.45) is 5.92 Å². The topological polar surface area (TPSA) is 102 Å². The zero-order valence-corrected chi connectivity index (χ0v) is 18.8. The number of halogens is 3. The third-order valence-corrected chi connectivity index (χ3v) is 5.78. The number of amides is 1. The van der Waals surface area contributed by atoms with E-state index in [0.29, 0.717) is 11.4 Å². The molecule has 0 radical (unpaired) electrons. The second-order valence-corrected chi connectivity index (χ2v) is 8.39. The summed E-state index contributed by atoms with van der Waals surface area (Å²) in [6.45, 7) is 1.79. The fraction of sp³-hybridized carbons (Fsp3) is 0.348. The first-order valence-electron chi connectivity index (χ1n) is 10.9. The number of carbonyl (C=O) groups excluding carboxylic acids is 1. The molecule has 9 nitrogen and oxygen atoms in total. The summed E-state index contributed by atoms with van der Waals surface area (Å²) in [6, 6.07) is 7.89. The molecule has 1 fully saturated rings. The number of imidazole rings is 1. The molecule has 0 spiro atoms. The molecule has 1 aromatic carbocycles. The lowest BCUT2D eigenvalue weighted by Crippen LogP contribution is -2.36. The van der Waals surface area contributed by atoms with Crippen molar-refractivity contribution in [1.82, 2.24) is 19.0 Å². The van der Waals surface area contributed by atoms with Gasteiger partial charge in [-0.2, -0.15) is 0 Å². The fourth-order valence-electron chi connectivity index (χ4n) is 3.97. The van der Waals surface area contributed by atoms with Crippen LogP contribution in [-0.2, 0) is 11.3 Å². The van der Waals surface area contributed by atoms with Crippen LogP contribution in [0.2, 0.25) is 0 Å². The van der Waals surface area contributed by atoms with E-state index in [2.05, 4.69) is 19.9 Å². The number of alkyl halides is 3. The highest BCUT2D eigenvalue weighted by Gasteiger charge is 2.31. The zero-order chi connectivity index (χ0) is 25.2. The first kappa shape index (κ1) is 24.3. The van der Waals surface area contributed by atoms with Gasteiger partial charge in [0, 0.05) is 12.1 Å². The Morgan fingerprint density at radius 3 is 2.54 bits per heavy atom. The summed E-state index contributed by atoms with van der Waals surface area (Å²) in [4.78, 5) is 31.8. The van der Waals surface area contributed by atoms with E-state index in [4.69, 9.17) is 0 Å².